The largest absolute Gasteiger partial charge is 0.493 e. The van der Waals surface area contributed by atoms with Crippen molar-refractivity contribution in [2.75, 3.05) is 25.3 Å². The van der Waals surface area contributed by atoms with E-state index in [1.54, 1.807) is 44.3 Å². The summed E-state index contributed by atoms with van der Waals surface area (Å²) >= 11 is 1.41. The second-order valence-corrected chi connectivity index (χ2v) is 13.8. The number of halogens is 2. The van der Waals surface area contributed by atoms with Gasteiger partial charge in [0.2, 0.25) is 5.13 Å². The Hall–Kier alpha value is -6.20. The number of hydrogen-bond acceptors (Lipinski definition) is 9. The molecule has 0 saturated heterocycles. The number of para-hydroxylation sites is 1. The minimum absolute atomic E-state index is 0.148. The topological polar surface area (TPSA) is 90.3 Å². The molecule has 0 fully saturated rings. The molecule has 1 aromatic heterocycles. The van der Waals surface area contributed by atoms with Crippen molar-refractivity contribution in [1.29, 1.82) is 0 Å². The summed E-state index contributed by atoms with van der Waals surface area (Å²) in [5.41, 5.74) is 4.18. The summed E-state index contributed by atoms with van der Waals surface area (Å²) in [6.45, 7) is 7.73. The molecule has 6 rings (SSSR count). The smallest absolute Gasteiger partial charge is 0.344 e. The number of ether oxygens (including phenoxy) is 3. The Morgan fingerprint density at radius 3 is 2.35 bits per heavy atom. The van der Waals surface area contributed by atoms with Gasteiger partial charge in [0.1, 0.15) is 11.6 Å². The third kappa shape index (κ3) is 9.49. The fourth-order valence-electron chi connectivity index (χ4n) is 5.65. The van der Waals surface area contributed by atoms with Crippen LogP contribution in [0.15, 0.2) is 120 Å². The molecule has 1 heterocycles. The number of aryl methyl sites for hydroxylation is 1. The zero-order valence-corrected chi connectivity index (χ0v) is 31.5. The minimum Gasteiger partial charge on any atom is -0.493 e. The first kappa shape index (κ1) is 38.5. The lowest BCUT2D eigenvalue weighted by Gasteiger charge is -2.14. The average Bonchev–Trinajstić information content (AvgIpc) is 3.63. The van der Waals surface area contributed by atoms with E-state index in [0.29, 0.717) is 40.6 Å². The zero-order valence-electron chi connectivity index (χ0n) is 30.7. The number of thiazole rings is 1. The van der Waals surface area contributed by atoms with Crippen molar-refractivity contribution in [2.45, 2.75) is 33.1 Å². The molecular weight excluding hydrogens is 721 g/mol. The Balaban J connectivity index is 1.24. The van der Waals surface area contributed by atoms with Gasteiger partial charge in [-0.15, -0.1) is 0 Å². The molecule has 55 heavy (non-hydrogen) atoms. The summed E-state index contributed by atoms with van der Waals surface area (Å²) in [6, 6.07) is 29.5. The summed E-state index contributed by atoms with van der Waals surface area (Å²) in [4.78, 5) is 29.8. The highest BCUT2D eigenvalue weighted by Crippen LogP contribution is 2.32. The third-order valence-electron chi connectivity index (χ3n) is 8.58. The molecule has 280 valence electrons. The van der Waals surface area contributed by atoms with Crippen molar-refractivity contribution in [3.05, 3.63) is 144 Å². The lowest BCUT2D eigenvalue weighted by atomic mass is 9.98. The SMILES string of the molecule is C=C(C)C(=O)OCCCOc1ccc(-c2ccc(C(=O)Oc3ccc(-c4ccc(CCC)cc4)cc3F)c(/C=N/N(C)c3nc4ccccc4s3)c2F)cc1. The first-order valence-electron chi connectivity index (χ1n) is 17.7. The molecule has 0 unspecified atom stereocenters. The Kier molecular flexibility index (Phi) is 12.4. The van der Waals surface area contributed by atoms with Crippen molar-refractivity contribution in [2.24, 2.45) is 5.10 Å². The van der Waals surface area contributed by atoms with Crippen LogP contribution in [0.25, 0.3) is 32.5 Å². The van der Waals surface area contributed by atoms with Crippen LogP contribution in [0.2, 0.25) is 0 Å². The van der Waals surface area contributed by atoms with Gasteiger partial charge in [-0.05, 0) is 78.1 Å². The van der Waals surface area contributed by atoms with E-state index in [-0.39, 0.29) is 29.0 Å². The van der Waals surface area contributed by atoms with Gasteiger partial charge in [0, 0.05) is 30.2 Å². The molecule has 0 aliphatic heterocycles. The van der Waals surface area contributed by atoms with Crippen molar-refractivity contribution in [3.63, 3.8) is 0 Å². The summed E-state index contributed by atoms with van der Waals surface area (Å²) in [7, 11) is 1.67. The van der Waals surface area contributed by atoms with Gasteiger partial charge in [0.25, 0.3) is 0 Å². The number of rotatable bonds is 15. The maximum absolute atomic E-state index is 16.6. The van der Waals surface area contributed by atoms with Crippen LogP contribution in [0, 0.1) is 11.6 Å². The van der Waals surface area contributed by atoms with Crippen molar-refractivity contribution in [3.8, 4) is 33.8 Å². The van der Waals surface area contributed by atoms with Crippen molar-refractivity contribution >= 4 is 44.8 Å². The molecule has 0 aliphatic rings. The maximum Gasteiger partial charge on any atom is 0.344 e. The molecular formula is C44H39F2N3O5S. The van der Waals surface area contributed by atoms with Crippen LogP contribution >= 0.6 is 11.3 Å². The van der Waals surface area contributed by atoms with E-state index < -0.39 is 23.6 Å². The number of hydrazone groups is 1. The normalized spacial score (nSPS) is 11.1. The minimum atomic E-state index is -0.956. The number of carbonyl (C=O) groups is 2. The van der Waals surface area contributed by atoms with E-state index in [2.05, 4.69) is 23.6 Å². The first-order chi connectivity index (χ1) is 26.6. The molecule has 0 amide bonds. The van der Waals surface area contributed by atoms with Crippen LogP contribution < -0.4 is 14.5 Å². The number of aromatic nitrogens is 1. The van der Waals surface area contributed by atoms with Gasteiger partial charge in [0.15, 0.2) is 11.6 Å². The highest BCUT2D eigenvalue weighted by atomic mass is 32.1. The number of nitrogens with zero attached hydrogens (tertiary/aromatic N) is 3. The lowest BCUT2D eigenvalue weighted by molar-refractivity contribution is -0.139. The molecule has 0 radical (unpaired) electrons. The predicted octanol–water partition coefficient (Wildman–Crippen LogP) is 10.4. The highest BCUT2D eigenvalue weighted by Gasteiger charge is 2.22. The second kappa shape index (κ2) is 17.7. The van der Waals surface area contributed by atoms with Gasteiger partial charge in [0.05, 0.1) is 35.2 Å². The van der Waals surface area contributed by atoms with Crippen LogP contribution in [0.5, 0.6) is 11.5 Å². The molecule has 0 atom stereocenters. The Morgan fingerprint density at radius 1 is 0.909 bits per heavy atom. The van der Waals surface area contributed by atoms with E-state index in [4.69, 9.17) is 14.2 Å². The summed E-state index contributed by atoms with van der Waals surface area (Å²) in [6.07, 6.45) is 3.69. The number of anilines is 1. The van der Waals surface area contributed by atoms with Gasteiger partial charge in [-0.1, -0.05) is 91.9 Å². The number of esters is 2. The Bertz CT molecular complexity index is 2320. The molecule has 5 aromatic carbocycles. The third-order valence-corrected chi connectivity index (χ3v) is 9.69. The van der Waals surface area contributed by atoms with Gasteiger partial charge in [-0.2, -0.15) is 5.10 Å². The van der Waals surface area contributed by atoms with Crippen molar-refractivity contribution < 1.29 is 32.6 Å². The number of benzene rings is 5. The zero-order chi connectivity index (χ0) is 38.9. The van der Waals surface area contributed by atoms with E-state index in [1.165, 1.54) is 52.4 Å². The molecule has 0 aliphatic carbocycles. The fourth-order valence-corrected chi connectivity index (χ4v) is 6.54. The Labute approximate surface area is 322 Å². The molecule has 0 saturated carbocycles. The molecule has 0 spiro atoms. The first-order valence-corrected chi connectivity index (χ1v) is 18.6. The van der Waals surface area contributed by atoms with E-state index in [0.717, 1.165) is 28.6 Å². The van der Waals surface area contributed by atoms with Crippen molar-refractivity contribution in [1.82, 2.24) is 4.98 Å². The van der Waals surface area contributed by atoms with Gasteiger partial charge >= 0.3 is 11.9 Å². The van der Waals surface area contributed by atoms with E-state index >= 15 is 8.78 Å². The number of carbonyl (C=O) groups excluding carboxylic acids is 2. The molecule has 8 nitrogen and oxygen atoms in total. The molecule has 0 N–H and O–H groups in total. The summed E-state index contributed by atoms with van der Waals surface area (Å²) in [5, 5.41) is 6.50. The monoisotopic (exact) mass is 759 g/mol. The standard InChI is InChI=1S/C44H39F2N3O5S/c1-5-9-29-12-14-30(15-13-29)32-18-23-39(37(45)26-32)54-43(51)35-22-21-34(31-16-19-33(20-17-31)52-24-8-25-53-42(50)28(2)3)41(46)36(35)27-47-49(4)44-48-38-10-6-7-11-40(38)55-44/h6-7,10-23,26-27H,2,5,8-9,24-25H2,1,3-4H3/b47-27+. The number of fused-ring (bicyclic) bond motifs is 1. The van der Waals surface area contributed by atoms with Crippen LogP contribution in [-0.4, -0.2) is 43.4 Å². The molecule has 0 bridgehead atoms. The van der Waals surface area contributed by atoms with E-state index in [9.17, 15) is 9.59 Å². The second-order valence-electron chi connectivity index (χ2n) is 12.7. The summed E-state index contributed by atoms with van der Waals surface area (Å²) in [5.74, 6) is -2.63. The van der Waals surface area contributed by atoms with Gasteiger partial charge in [-0.3, -0.25) is 0 Å². The molecule has 11 heteroatoms. The Morgan fingerprint density at radius 2 is 1.64 bits per heavy atom. The van der Waals surface area contributed by atoms with Crippen LogP contribution in [0.1, 0.15) is 48.2 Å². The fraction of sp³-hybridized carbons (Fsp3) is 0.182. The highest BCUT2D eigenvalue weighted by molar-refractivity contribution is 7.22. The number of hydrogen-bond donors (Lipinski definition) is 0. The quantitative estimate of drug-likeness (QED) is 0.0257. The van der Waals surface area contributed by atoms with Crippen LogP contribution in [0.4, 0.5) is 13.9 Å². The predicted molar refractivity (Wildman–Crippen MR) is 214 cm³/mol. The average molecular weight is 760 g/mol. The van der Waals surface area contributed by atoms with Crippen LogP contribution in [-0.2, 0) is 16.0 Å². The van der Waals surface area contributed by atoms with Gasteiger partial charge in [-0.25, -0.2) is 28.4 Å². The maximum atomic E-state index is 16.6. The summed E-state index contributed by atoms with van der Waals surface area (Å²) < 4.78 is 49.3. The van der Waals surface area contributed by atoms with E-state index in [1.807, 2.05) is 48.5 Å². The van der Waals surface area contributed by atoms with Crippen LogP contribution in [0.3, 0.4) is 0 Å². The molecule has 6 aromatic rings. The lowest BCUT2D eigenvalue weighted by Crippen LogP contribution is -2.15. The van der Waals surface area contributed by atoms with Gasteiger partial charge < -0.3 is 14.2 Å².